The molecule has 0 radical (unpaired) electrons. The lowest BCUT2D eigenvalue weighted by Crippen LogP contribution is -2.27. The molecule has 0 bridgehead atoms. The Kier molecular flexibility index (Phi) is 6.11. The van der Waals surface area contributed by atoms with Crippen molar-refractivity contribution in [3.63, 3.8) is 0 Å². The minimum absolute atomic E-state index is 0.185. The van der Waals surface area contributed by atoms with Gasteiger partial charge in [-0.25, -0.2) is 0 Å². The third-order valence-electron chi connectivity index (χ3n) is 6.04. The third-order valence-corrected chi connectivity index (χ3v) is 7.21. The summed E-state index contributed by atoms with van der Waals surface area (Å²) in [6.45, 7) is 6.77. The van der Waals surface area contributed by atoms with Crippen molar-refractivity contribution >= 4 is 33.8 Å². The van der Waals surface area contributed by atoms with E-state index >= 15 is 0 Å². The van der Waals surface area contributed by atoms with E-state index in [0.29, 0.717) is 22.2 Å². The number of ether oxygens (including phenoxy) is 1. The maximum atomic E-state index is 13.4. The molecule has 1 atom stereocenters. The summed E-state index contributed by atoms with van der Waals surface area (Å²) < 4.78 is 10.4. The number of nitrogens with one attached hydrogen (secondary N) is 2. The molecule has 32 heavy (non-hydrogen) atoms. The van der Waals surface area contributed by atoms with Crippen molar-refractivity contribution in [1.29, 1.82) is 0 Å². The molecule has 6 nitrogen and oxygen atoms in total. The number of benzene rings is 1. The van der Waals surface area contributed by atoms with Crippen LogP contribution in [0.25, 0.3) is 0 Å². The van der Waals surface area contributed by atoms with Gasteiger partial charge >= 0.3 is 0 Å². The van der Waals surface area contributed by atoms with Crippen LogP contribution in [0.3, 0.4) is 0 Å². The highest BCUT2D eigenvalue weighted by atomic mass is 32.1. The fourth-order valence-corrected chi connectivity index (χ4v) is 5.41. The van der Waals surface area contributed by atoms with E-state index in [9.17, 15) is 9.59 Å². The molecule has 2 amide bonds. The monoisotopic (exact) mass is 452 g/mol. The van der Waals surface area contributed by atoms with E-state index in [1.165, 1.54) is 22.5 Å². The molecule has 4 rings (SSSR count). The smallest absolute Gasteiger partial charge is 0.291 e. The number of anilines is 2. The molecular weight excluding hydrogens is 424 g/mol. The van der Waals surface area contributed by atoms with Crippen LogP contribution in [0, 0.1) is 11.3 Å². The van der Waals surface area contributed by atoms with Gasteiger partial charge in [-0.1, -0.05) is 20.8 Å². The van der Waals surface area contributed by atoms with Gasteiger partial charge in [0.15, 0.2) is 5.76 Å². The molecule has 2 heterocycles. The molecule has 1 aliphatic carbocycles. The topological polar surface area (TPSA) is 80.6 Å². The van der Waals surface area contributed by atoms with E-state index in [1.807, 2.05) is 0 Å². The molecule has 2 aromatic heterocycles. The molecule has 168 valence electrons. The van der Waals surface area contributed by atoms with Crippen molar-refractivity contribution in [2.75, 3.05) is 17.7 Å². The molecule has 0 saturated heterocycles. The molecule has 0 unspecified atom stereocenters. The lowest BCUT2D eigenvalue weighted by molar-refractivity contribution is 0.0997. The van der Waals surface area contributed by atoms with Gasteiger partial charge in [0.05, 0.1) is 18.9 Å². The summed E-state index contributed by atoms with van der Waals surface area (Å²) in [6.07, 6.45) is 4.19. The maximum absolute atomic E-state index is 13.4. The van der Waals surface area contributed by atoms with Crippen LogP contribution in [-0.2, 0) is 12.8 Å². The predicted molar refractivity (Wildman–Crippen MR) is 127 cm³/mol. The fraction of sp³-hybridized carbons (Fsp3) is 0.360. The first kappa shape index (κ1) is 22.1. The Morgan fingerprint density at radius 3 is 2.47 bits per heavy atom. The first-order chi connectivity index (χ1) is 15.3. The number of rotatable bonds is 5. The zero-order chi connectivity index (χ0) is 22.9. The number of methoxy groups -OCH3 is 1. The molecule has 1 aromatic carbocycles. The largest absolute Gasteiger partial charge is 0.497 e. The predicted octanol–water partition coefficient (Wildman–Crippen LogP) is 6.01. The average Bonchev–Trinajstić information content (AvgIpc) is 3.41. The van der Waals surface area contributed by atoms with Crippen molar-refractivity contribution in [3.8, 4) is 5.75 Å². The number of furan rings is 1. The zero-order valence-corrected chi connectivity index (χ0v) is 19.6. The zero-order valence-electron chi connectivity index (χ0n) is 18.8. The highest BCUT2D eigenvalue weighted by Gasteiger charge is 2.34. The lowest BCUT2D eigenvalue weighted by atomic mass is 9.72. The van der Waals surface area contributed by atoms with Crippen molar-refractivity contribution in [1.82, 2.24) is 0 Å². The molecule has 0 fully saturated rings. The Bertz CT molecular complexity index is 1110. The van der Waals surface area contributed by atoms with Gasteiger partial charge in [0, 0.05) is 10.6 Å². The van der Waals surface area contributed by atoms with Gasteiger partial charge < -0.3 is 19.8 Å². The molecule has 3 aromatic rings. The van der Waals surface area contributed by atoms with E-state index in [4.69, 9.17) is 9.15 Å². The number of carbonyl (C=O) groups excluding carboxylic acids is 2. The summed E-state index contributed by atoms with van der Waals surface area (Å²) in [5.41, 5.74) is 2.44. The van der Waals surface area contributed by atoms with Crippen LogP contribution >= 0.6 is 11.3 Å². The fourth-order valence-electron chi connectivity index (χ4n) is 4.09. The molecule has 0 saturated carbocycles. The van der Waals surface area contributed by atoms with Gasteiger partial charge in [-0.2, -0.15) is 0 Å². The number of fused-ring (bicyclic) bond motifs is 1. The van der Waals surface area contributed by atoms with Gasteiger partial charge in [0.1, 0.15) is 10.8 Å². The highest BCUT2D eigenvalue weighted by Crippen LogP contribution is 2.44. The second-order valence-electron chi connectivity index (χ2n) is 9.13. The van der Waals surface area contributed by atoms with Crippen LogP contribution in [0.5, 0.6) is 5.75 Å². The number of amides is 2. The first-order valence-corrected chi connectivity index (χ1v) is 11.5. The standard InChI is InChI=1S/C25H28N2O4S/c1-25(2,3)15-7-12-18-20(14-15)32-24(27-22(28)19-6-5-13-31-19)21(18)23(29)26-16-8-10-17(30-4)11-9-16/h5-6,8-11,13,15H,7,12,14H2,1-4H3,(H,26,29)(H,27,28)/t15-/m0/s1. The third kappa shape index (κ3) is 4.58. The number of hydrogen-bond acceptors (Lipinski definition) is 5. The van der Waals surface area contributed by atoms with E-state index in [-0.39, 0.29) is 23.0 Å². The van der Waals surface area contributed by atoms with Crippen molar-refractivity contribution < 1.29 is 18.7 Å². The maximum Gasteiger partial charge on any atom is 0.291 e. The summed E-state index contributed by atoms with van der Waals surface area (Å²) in [5.74, 6) is 0.872. The molecule has 7 heteroatoms. The Hall–Kier alpha value is -3.06. The Morgan fingerprint density at radius 2 is 1.84 bits per heavy atom. The molecule has 0 aliphatic heterocycles. The van der Waals surface area contributed by atoms with Crippen LogP contribution in [0.1, 0.15) is 58.5 Å². The van der Waals surface area contributed by atoms with Crippen LogP contribution in [0.2, 0.25) is 0 Å². The Labute approximate surface area is 192 Å². The van der Waals surface area contributed by atoms with Crippen molar-refractivity contribution in [2.24, 2.45) is 11.3 Å². The van der Waals surface area contributed by atoms with Crippen LogP contribution < -0.4 is 15.4 Å². The van der Waals surface area contributed by atoms with Crippen LogP contribution in [-0.4, -0.2) is 18.9 Å². The van der Waals surface area contributed by atoms with E-state index in [2.05, 4.69) is 31.4 Å². The normalized spacial score (nSPS) is 15.7. The second kappa shape index (κ2) is 8.82. The summed E-state index contributed by atoms with van der Waals surface area (Å²) in [5, 5.41) is 6.45. The minimum atomic E-state index is -0.362. The summed E-state index contributed by atoms with van der Waals surface area (Å²) in [6, 6.07) is 10.5. The number of thiophene rings is 1. The SMILES string of the molecule is COc1ccc(NC(=O)c2c(NC(=O)c3ccco3)sc3c2CC[C@H](C(C)(C)C)C3)cc1. The first-order valence-electron chi connectivity index (χ1n) is 10.7. The van der Waals surface area contributed by atoms with E-state index in [0.717, 1.165) is 30.6 Å². The van der Waals surface area contributed by atoms with E-state index in [1.54, 1.807) is 43.5 Å². The van der Waals surface area contributed by atoms with Gasteiger partial charge in [-0.05, 0) is 72.6 Å². The van der Waals surface area contributed by atoms with Gasteiger partial charge in [0.2, 0.25) is 0 Å². The van der Waals surface area contributed by atoms with Crippen LogP contribution in [0.4, 0.5) is 10.7 Å². The number of hydrogen-bond donors (Lipinski definition) is 2. The van der Waals surface area contributed by atoms with Gasteiger partial charge in [-0.3, -0.25) is 9.59 Å². The minimum Gasteiger partial charge on any atom is -0.497 e. The second-order valence-corrected chi connectivity index (χ2v) is 10.2. The number of carbonyl (C=O) groups is 2. The van der Waals surface area contributed by atoms with Crippen LogP contribution in [0.15, 0.2) is 47.1 Å². The molecule has 1 aliphatic rings. The van der Waals surface area contributed by atoms with Gasteiger partial charge in [-0.15, -0.1) is 11.3 Å². The molecule has 0 spiro atoms. The van der Waals surface area contributed by atoms with E-state index < -0.39 is 0 Å². The average molecular weight is 453 g/mol. The molecular formula is C25H28N2O4S. The molecule has 2 N–H and O–H groups in total. The highest BCUT2D eigenvalue weighted by molar-refractivity contribution is 7.17. The van der Waals surface area contributed by atoms with Crippen molar-refractivity contribution in [3.05, 3.63) is 64.4 Å². The summed E-state index contributed by atoms with van der Waals surface area (Å²) in [4.78, 5) is 27.2. The Morgan fingerprint density at radius 1 is 1.09 bits per heavy atom. The Balaban J connectivity index is 1.66. The van der Waals surface area contributed by atoms with Gasteiger partial charge in [0.25, 0.3) is 11.8 Å². The summed E-state index contributed by atoms with van der Waals surface area (Å²) in [7, 11) is 1.60. The van der Waals surface area contributed by atoms with Crippen molar-refractivity contribution in [2.45, 2.75) is 40.0 Å². The lowest BCUT2D eigenvalue weighted by Gasteiger charge is -2.33. The summed E-state index contributed by atoms with van der Waals surface area (Å²) >= 11 is 1.50. The quantitative estimate of drug-likeness (QED) is 0.497.